The summed E-state index contributed by atoms with van der Waals surface area (Å²) in [4.78, 5) is 0. The maximum atomic E-state index is 10.5. The van der Waals surface area contributed by atoms with Gasteiger partial charge in [-0.1, -0.05) is 0 Å². The SMILES string of the molecule is CS(=O)(=O)OCC[C@H]1CCCO1. The van der Waals surface area contributed by atoms with Crippen LogP contribution in [0.25, 0.3) is 0 Å². The molecule has 1 aliphatic heterocycles. The van der Waals surface area contributed by atoms with E-state index in [-0.39, 0.29) is 12.7 Å². The van der Waals surface area contributed by atoms with Gasteiger partial charge in [0.15, 0.2) is 0 Å². The Morgan fingerprint density at radius 3 is 2.83 bits per heavy atom. The third-order valence-corrected chi connectivity index (χ3v) is 2.36. The van der Waals surface area contributed by atoms with Crippen molar-refractivity contribution in [1.82, 2.24) is 0 Å². The highest BCUT2D eigenvalue weighted by atomic mass is 32.2. The highest BCUT2D eigenvalue weighted by molar-refractivity contribution is 7.85. The summed E-state index contributed by atoms with van der Waals surface area (Å²) in [7, 11) is -3.27. The largest absolute Gasteiger partial charge is 0.378 e. The molecule has 1 atom stereocenters. The number of rotatable bonds is 4. The van der Waals surface area contributed by atoms with Crippen LogP contribution in [0.2, 0.25) is 0 Å². The molecule has 0 bridgehead atoms. The monoisotopic (exact) mass is 194 g/mol. The van der Waals surface area contributed by atoms with E-state index in [4.69, 9.17) is 4.74 Å². The molecule has 1 aliphatic rings. The van der Waals surface area contributed by atoms with Crippen LogP contribution in [0.4, 0.5) is 0 Å². The summed E-state index contributed by atoms with van der Waals surface area (Å²) in [6.07, 6.45) is 4.03. The number of hydrogen-bond donors (Lipinski definition) is 0. The molecule has 0 amide bonds. The van der Waals surface area contributed by atoms with Crippen molar-refractivity contribution in [2.75, 3.05) is 19.5 Å². The van der Waals surface area contributed by atoms with E-state index >= 15 is 0 Å². The lowest BCUT2D eigenvalue weighted by atomic mass is 10.2. The lowest BCUT2D eigenvalue weighted by Crippen LogP contribution is -2.11. The van der Waals surface area contributed by atoms with E-state index in [0.717, 1.165) is 25.7 Å². The molecule has 0 aromatic carbocycles. The normalized spacial score (nSPS) is 24.6. The Bertz CT molecular complexity index is 216. The van der Waals surface area contributed by atoms with Crippen molar-refractivity contribution in [2.45, 2.75) is 25.4 Å². The van der Waals surface area contributed by atoms with E-state index in [1.54, 1.807) is 0 Å². The van der Waals surface area contributed by atoms with Crippen molar-refractivity contribution in [3.8, 4) is 0 Å². The molecule has 0 N–H and O–H groups in total. The molecule has 0 saturated carbocycles. The van der Waals surface area contributed by atoms with Crippen molar-refractivity contribution in [3.63, 3.8) is 0 Å². The fraction of sp³-hybridized carbons (Fsp3) is 1.00. The predicted octanol–water partition coefficient (Wildman–Crippen LogP) is 0.532. The van der Waals surface area contributed by atoms with Gasteiger partial charge >= 0.3 is 0 Å². The Balaban J connectivity index is 2.09. The van der Waals surface area contributed by atoms with E-state index in [1.807, 2.05) is 0 Å². The standard InChI is InChI=1S/C7H14O4S/c1-12(8,9)11-6-4-7-3-2-5-10-7/h7H,2-6H2,1H3/t7-/m1/s1. The minimum Gasteiger partial charge on any atom is -0.378 e. The third kappa shape index (κ3) is 4.04. The molecule has 0 radical (unpaired) electrons. The second-order valence-electron chi connectivity index (χ2n) is 2.95. The highest BCUT2D eigenvalue weighted by Gasteiger charge is 2.15. The van der Waals surface area contributed by atoms with Gasteiger partial charge in [0.1, 0.15) is 0 Å². The smallest absolute Gasteiger partial charge is 0.264 e. The van der Waals surface area contributed by atoms with E-state index in [1.165, 1.54) is 0 Å². The summed E-state index contributed by atoms with van der Waals surface area (Å²) >= 11 is 0. The predicted molar refractivity (Wildman–Crippen MR) is 44.4 cm³/mol. The minimum absolute atomic E-state index is 0.201. The van der Waals surface area contributed by atoms with E-state index in [9.17, 15) is 8.42 Å². The zero-order chi connectivity index (χ0) is 9.03. The summed E-state index contributed by atoms with van der Waals surface area (Å²) < 4.78 is 31.0. The number of ether oxygens (including phenoxy) is 1. The lowest BCUT2D eigenvalue weighted by Gasteiger charge is -2.07. The Kier molecular flexibility index (Phi) is 3.49. The Hall–Kier alpha value is -0.130. The molecule has 1 fully saturated rings. The molecule has 0 aliphatic carbocycles. The Labute approximate surface area is 73.0 Å². The van der Waals surface area contributed by atoms with Gasteiger partial charge < -0.3 is 4.74 Å². The van der Waals surface area contributed by atoms with Crippen LogP contribution in [0.1, 0.15) is 19.3 Å². The fourth-order valence-electron chi connectivity index (χ4n) is 1.20. The second-order valence-corrected chi connectivity index (χ2v) is 4.59. The Morgan fingerprint density at radius 1 is 1.58 bits per heavy atom. The molecule has 0 aromatic rings. The van der Waals surface area contributed by atoms with Gasteiger partial charge in [0.2, 0.25) is 0 Å². The van der Waals surface area contributed by atoms with Gasteiger partial charge in [-0.05, 0) is 19.3 Å². The van der Waals surface area contributed by atoms with E-state index < -0.39 is 10.1 Å². The Morgan fingerprint density at radius 2 is 2.33 bits per heavy atom. The van der Waals surface area contributed by atoms with Crippen LogP contribution in [-0.4, -0.2) is 34.0 Å². The molecule has 72 valence electrons. The third-order valence-electron chi connectivity index (χ3n) is 1.76. The molecule has 0 unspecified atom stereocenters. The van der Waals surface area contributed by atoms with Crippen LogP contribution >= 0.6 is 0 Å². The van der Waals surface area contributed by atoms with Gasteiger partial charge in [-0.2, -0.15) is 8.42 Å². The molecule has 5 heteroatoms. The molecule has 0 spiro atoms. The molecule has 12 heavy (non-hydrogen) atoms. The first-order chi connectivity index (χ1) is 5.58. The van der Waals surface area contributed by atoms with Crippen LogP contribution in [-0.2, 0) is 19.0 Å². The molecule has 0 aromatic heterocycles. The van der Waals surface area contributed by atoms with Crippen molar-refractivity contribution in [1.29, 1.82) is 0 Å². The van der Waals surface area contributed by atoms with Crippen molar-refractivity contribution >= 4 is 10.1 Å². The molecule has 1 heterocycles. The van der Waals surface area contributed by atoms with Gasteiger partial charge in [0.25, 0.3) is 10.1 Å². The first kappa shape index (κ1) is 9.95. The molecular weight excluding hydrogens is 180 g/mol. The maximum absolute atomic E-state index is 10.5. The average molecular weight is 194 g/mol. The summed E-state index contributed by atoms with van der Waals surface area (Å²) in [5, 5.41) is 0. The van der Waals surface area contributed by atoms with E-state index in [2.05, 4.69) is 4.18 Å². The van der Waals surface area contributed by atoms with Gasteiger partial charge in [-0.3, -0.25) is 4.18 Å². The van der Waals surface area contributed by atoms with Crippen molar-refractivity contribution in [2.24, 2.45) is 0 Å². The zero-order valence-electron chi connectivity index (χ0n) is 7.15. The quantitative estimate of drug-likeness (QED) is 0.613. The van der Waals surface area contributed by atoms with Gasteiger partial charge in [0.05, 0.1) is 19.0 Å². The summed E-state index contributed by atoms with van der Waals surface area (Å²) in [5.41, 5.74) is 0. The van der Waals surface area contributed by atoms with Crippen LogP contribution in [0.5, 0.6) is 0 Å². The van der Waals surface area contributed by atoms with Crippen LogP contribution < -0.4 is 0 Å². The minimum atomic E-state index is -3.27. The van der Waals surface area contributed by atoms with Crippen molar-refractivity contribution in [3.05, 3.63) is 0 Å². The summed E-state index contributed by atoms with van der Waals surface area (Å²) in [5.74, 6) is 0. The first-order valence-electron chi connectivity index (χ1n) is 4.04. The topological polar surface area (TPSA) is 52.6 Å². The van der Waals surface area contributed by atoms with Crippen molar-refractivity contribution < 1.29 is 17.3 Å². The second kappa shape index (κ2) is 4.20. The first-order valence-corrected chi connectivity index (χ1v) is 5.85. The van der Waals surface area contributed by atoms with Gasteiger partial charge in [0, 0.05) is 6.61 Å². The summed E-state index contributed by atoms with van der Waals surface area (Å²) in [6, 6.07) is 0. The number of hydrogen-bond acceptors (Lipinski definition) is 4. The van der Waals surface area contributed by atoms with Gasteiger partial charge in [-0.15, -0.1) is 0 Å². The molecular formula is C7H14O4S. The summed E-state index contributed by atoms with van der Waals surface area (Å²) in [6.45, 7) is 1.03. The van der Waals surface area contributed by atoms with Crippen LogP contribution in [0.3, 0.4) is 0 Å². The molecule has 4 nitrogen and oxygen atoms in total. The van der Waals surface area contributed by atoms with E-state index in [0.29, 0.717) is 6.42 Å². The maximum Gasteiger partial charge on any atom is 0.264 e. The zero-order valence-corrected chi connectivity index (χ0v) is 7.97. The fourth-order valence-corrected chi connectivity index (χ4v) is 1.60. The highest BCUT2D eigenvalue weighted by Crippen LogP contribution is 2.15. The molecule has 1 saturated heterocycles. The average Bonchev–Trinajstić information content (AvgIpc) is 2.36. The lowest BCUT2D eigenvalue weighted by molar-refractivity contribution is 0.0915. The van der Waals surface area contributed by atoms with Crippen LogP contribution in [0, 0.1) is 0 Å². The molecule has 1 rings (SSSR count). The van der Waals surface area contributed by atoms with Crippen LogP contribution in [0.15, 0.2) is 0 Å². The van der Waals surface area contributed by atoms with Gasteiger partial charge in [-0.25, -0.2) is 0 Å².